The Kier molecular flexibility index (Phi) is 7.39. The Morgan fingerprint density at radius 1 is 1.06 bits per heavy atom. The summed E-state index contributed by atoms with van der Waals surface area (Å²) in [4.78, 5) is 39.4. The van der Waals surface area contributed by atoms with Crippen LogP contribution in [-0.4, -0.2) is 25.0 Å². The van der Waals surface area contributed by atoms with Crippen LogP contribution in [0.3, 0.4) is 0 Å². The number of rotatable bonds is 6. The minimum Gasteiger partial charge on any atom is -0.493 e. The van der Waals surface area contributed by atoms with Crippen LogP contribution in [-0.2, 0) is 16.2 Å². The predicted octanol–water partition coefficient (Wildman–Crippen LogP) is 5.30. The van der Waals surface area contributed by atoms with Crippen molar-refractivity contribution in [2.75, 3.05) is 12.0 Å². The maximum absolute atomic E-state index is 13.5. The SMILES string of the molecule is COc1cc(/C=C2\C(=O)NC(=O)N(c3ccc(C)cc3C)C2=O)cc(I)c1OCc1cccc(F)c1. The van der Waals surface area contributed by atoms with Crippen LogP contribution in [0.4, 0.5) is 14.9 Å². The summed E-state index contributed by atoms with van der Waals surface area (Å²) in [5.41, 5.74) is 3.07. The van der Waals surface area contributed by atoms with E-state index in [1.54, 1.807) is 43.3 Å². The number of imide groups is 2. The number of barbiturate groups is 1. The first-order chi connectivity index (χ1) is 17.2. The van der Waals surface area contributed by atoms with Crippen molar-refractivity contribution >= 4 is 52.2 Å². The van der Waals surface area contributed by atoms with E-state index in [1.807, 2.05) is 13.0 Å². The number of carbonyl (C=O) groups is 3. The Morgan fingerprint density at radius 3 is 2.53 bits per heavy atom. The van der Waals surface area contributed by atoms with Gasteiger partial charge in [0, 0.05) is 0 Å². The van der Waals surface area contributed by atoms with Gasteiger partial charge >= 0.3 is 6.03 Å². The number of halogens is 2. The average molecular weight is 600 g/mol. The van der Waals surface area contributed by atoms with Gasteiger partial charge in [-0.2, -0.15) is 0 Å². The van der Waals surface area contributed by atoms with Crippen LogP contribution >= 0.6 is 22.6 Å². The van der Waals surface area contributed by atoms with Crippen LogP contribution < -0.4 is 19.7 Å². The standard InChI is InChI=1S/C27H22FIN2O5/c1-15-7-8-22(16(2)9-15)31-26(33)20(25(32)30-27(31)34)11-18-12-21(29)24(23(13-18)35-3)36-14-17-5-4-6-19(28)10-17/h4-13H,14H2,1-3H3,(H,30,32,34)/b20-11+. The molecule has 0 spiro atoms. The molecule has 36 heavy (non-hydrogen) atoms. The summed E-state index contributed by atoms with van der Waals surface area (Å²) < 4.78 is 25.5. The molecule has 4 rings (SSSR count). The molecular formula is C27H22FIN2O5. The number of hydrogen-bond acceptors (Lipinski definition) is 5. The lowest BCUT2D eigenvalue weighted by Crippen LogP contribution is -2.54. The van der Waals surface area contributed by atoms with E-state index in [2.05, 4.69) is 27.9 Å². The quantitative estimate of drug-likeness (QED) is 0.236. The highest BCUT2D eigenvalue weighted by Crippen LogP contribution is 2.36. The van der Waals surface area contributed by atoms with Crippen LogP contribution in [0.2, 0.25) is 0 Å². The average Bonchev–Trinajstić information content (AvgIpc) is 2.82. The maximum Gasteiger partial charge on any atom is 0.335 e. The Labute approximate surface area is 221 Å². The number of ether oxygens (including phenoxy) is 2. The Balaban J connectivity index is 1.66. The largest absolute Gasteiger partial charge is 0.493 e. The van der Waals surface area contributed by atoms with Gasteiger partial charge in [-0.25, -0.2) is 14.1 Å². The van der Waals surface area contributed by atoms with Gasteiger partial charge in [0.25, 0.3) is 11.8 Å². The van der Waals surface area contributed by atoms with Gasteiger partial charge in [0.1, 0.15) is 18.0 Å². The van der Waals surface area contributed by atoms with Crippen molar-refractivity contribution in [1.82, 2.24) is 5.32 Å². The number of methoxy groups -OCH3 is 1. The fourth-order valence-corrected chi connectivity index (χ4v) is 4.63. The second-order valence-electron chi connectivity index (χ2n) is 8.20. The van der Waals surface area contributed by atoms with Crippen molar-refractivity contribution in [3.8, 4) is 11.5 Å². The van der Waals surface area contributed by atoms with E-state index in [0.717, 1.165) is 16.0 Å². The van der Waals surface area contributed by atoms with Crippen molar-refractivity contribution < 1.29 is 28.2 Å². The molecular weight excluding hydrogens is 578 g/mol. The predicted molar refractivity (Wildman–Crippen MR) is 141 cm³/mol. The van der Waals surface area contributed by atoms with Gasteiger partial charge in [0.2, 0.25) is 0 Å². The molecule has 7 nitrogen and oxygen atoms in total. The molecule has 0 unspecified atom stereocenters. The molecule has 1 saturated heterocycles. The summed E-state index contributed by atoms with van der Waals surface area (Å²) in [5.74, 6) is -1.06. The van der Waals surface area contributed by atoms with E-state index in [0.29, 0.717) is 31.9 Å². The number of aryl methyl sites for hydroxylation is 2. The van der Waals surface area contributed by atoms with Crippen LogP contribution in [0.1, 0.15) is 22.3 Å². The lowest BCUT2D eigenvalue weighted by Gasteiger charge is -2.27. The molecule has 0 atom stereocenters. The number of benzene rings is 3. The molecule has 1 N–H and O–H groups in total. The van der Waals surface area contributed by atoms with Crippen LogP contribution in [0, 0.1) is 23.2 Å². The molecule has 1 aliphatic rings. The summed E-state index contributed by atoms with van der Waals surface area (Å²) in [7, 11) is 1.47. The van der Waals surface area contributed by atoms with Crippen LogP contribution in [0.15, 0.2) is 60.2 Å². The summed E-state index contributed by atoms with van der Waals surface area (Å²) in [6, 6.07) is 13.9. The normalized spacial score (nSPS) is 14.8. The minimum absolute atomic E-state index is 0.123. The summed E-state index contributed by atoms with van der Waals surface area (Å²) in [6.07, 6.45) is 1.40. The van der Waals surface area contributed by atoms with Crippen molar-refractivity contribution in [2.24, 2.45) is 0 Å². The molecule has 0 aliphatic carbocycles. The van der Waals surface area contributed by atoms with Gasteiger partial charge in [0.05, 0.1) is 16.4 Å². The number of nitrogens with zero attached hydrogens (tertiary/aromatic N) is 1. The minimum atomic E-state index is -0.803. The van der Waals surface area contributed by atoms with Crippen molar-refractivity contribution in [3.63, 3.8) is 0 Å². The number of urea groups is 1. The molecule has 184 valence electrons. The third-order valence-corrected chi connectivity index (χ3v) is 6.33. The van der Waals surface area contributed by atoms with Crippen LogP contribution in [0.25, 0.3) is 6.08 Å². The topological polar surface area (TPSA) is 84.9 Å². The van der Waals surface area contributed by atoms with Gasteiger partial charge < -0.3 is 9.47 Å². The van der Waals surface area contributed by atoms with E-state index < -0.39 is 17.8 Å². The number of carbonyl (C=O) groups excluding carboxylic acids is 3. The van der Waals surface area contributed by atoms with E-state index in [1.165, 1.54) is 25.3 Å². The summed E-state index contributed by atoms with van der Waals surface area (Å²) in [6.45, 7) is 3.82. The number of hydrogen-bond donors (Lipinski definition) is 1. The zero-order valence-corrected chi connectivity index (χ0v) is 21.9. The van der Waals surface area contributed by atoms with Crippen molar-refractivity contribution in [1.29, 1.82) is 0 Å². The van der Waals surface area contributed by atoms with Crippen molar-refractivity contribution in [3.05, 3.63) is 91.8 Å². The second-order valence-corrected chi connectivity index (χ2v) is 9.36. The third-order valence-electron chi connectivity index (χ3n) is 5.53. The number of anilines is 1. The molecule has 0 saturated carbocycles. The molecule has 1 fully saturated rings. The molecule has 0 bridgehead atoms. The van der Waals surface area contributed by atoms with E-state index in [9.17, 15) is 18.8 Å². The van der Waals surface area contributed by atoms with Crippen LogP contribution in [0.5, 0.6) is 11.5 Å². The molecule has 3 aromatic carbocycles. The highest BCUT2D eigenvalue weighted by Gasteiger charge is 2.37. The first-order valence-electron chi connectivity index (χ1n) is 10.9. The molecule has 9 heteroatoms. The van der Waals surface area contributed by atoms with E-state index in [4.69, 9.17) is 9.47 Å². The fourth-order valence-electron chi connectivity index (χ4n) is 3.84. The lowest BCUT2D eigenvalue weighted by molar-refractivity contribution is -0.122. The second kappa shape index (κ2) is 10.5. The Morgan fingerprint density at radius 2 is 1.83 bits per heavy atom. The Hall–Kier alpha value is -3.73. The molecule has 3 aromatic rings. The first kappa shape index (κ1) is 25.4. The zero-order valence-electron chi connectivity index (χ0n) is 19.7. The number of amides is 4. The fraction of sp³-hybridized carbons (Fsp3) is 0.148. The lowest BCUT2D eigenvalue weighted by atomic mass is 10.0. The smallest absolute Gasteiger partial charge is 0.335 e. The molecule has 1 heterocycles. The molecule has 0 aromatic heterocycles. The molecule has 0 radical (unpaired) electrons. The Bertz CT molecular complexity index is 1420. The zero-order chi connectivity index (χ0) is 26.0. The number of nitrogens with one attached hydrogen (secondary N) is 1. The van der Waals surface area contributed by atoms with Gasteiger partial charge in [-0.1, -0.05) is 29.8 Å². The highest BCUT2D eigenvalue weighted by molar-refractivity contribution is 14.1. The van der Waals surface area contributed by atoms with Gasteiger partial charge in [-0.05, 0) is 89.5 Å². The molecule has 4 amide bonds. The van der Waals surface area contributed by atoms with Gasteiger partial charge in [-0.3, -0.25) is 14.9 Å². The van der Waals surface area contributed by atoms with Gasteiger partial charge in [0.15, 0.2) is 11.5 Å². The molecule has 1 aliphatic heterocycles. The monoisotopic (exact) mass is 600 g/mol. The van der Waals surface area contributed by atoms with E-state index in [-0.39, 0.29) is 18.0 Å². The van der Waals surface area contributed by atoms with Gasteiger partial charge in [-0.15, -0.1) is 0 Å². The summed E-state index contributed by atoms with van der Waals surface area (Å²) >= 11 is 2.05. The first-order valence-corrected chi connectivity index (χ1v) is 12.0. The van der Waals surface area contributed by atoms with E-state index >= 15 is 0 Å². The maximum atomic E-state index is 13.5. The summed E-state index contributed by atoms with van der Waals surface area (Å²) in [5, 5.41) is 2.24. The highest BCUT2D eigenvalue weighted by atomic mass is 127. The third kappa shape index (κ3) is 5.25. The van der Waals surface area contributed by atoms with Crippen molar-refractivity contribution in [2.45, 2.75) is 20.5 Å².